The number of hydrogen-bond donors (Lipinski definition) is 1. The Labute approximate surface area is 121 Å². The first kappa shape index (κ1) is 15.8. The minimum absolute atomic E-state index is 0.0739. The first-order chi connectivity index (χ1) is 9.90. The monoisotopic (exact) mass is 301 g/mol. The number of hydrogen-bond acceptors (Lipinski definition) is 2. The Morgan fingerprint density at radius 2 is 1.95 bits per heavy atom. The number of carbonyl (C=O) groups is 1. The van der Waals surface area contributed by atoms with Gasteiger partial charge in [-0.2, -0.15) is 13.2 Å². The molecule has 1 aliphatic rings. The molecule has 0 saturated carbocycles. The van der Waals surface area contributed by atoms with Gasteiger partial charge in [0.05, 0.1) is 12.0 Å². The lowest BCUT2D eigenvalue weighted by Gasteiger charge is -2.16. The predicted molar refractivity (Wildman–Crippen MR) is 71.5 cm³/mol. The van der Waals surface area contributed by atoms with E-state index in [0.717, 1.165) is 18.6 Å². The Morgan fingerprint density at radius 1 is 1.29 bits per heavy atom. The van der Waals surface area contributed by atoms with Gasteiger partial charge in [0.1, 0.15) is 0 Å². The van der Waals surface area contributed by atoms with E-state index in [1.165, 1.54) is 12.1 Å². The Balaban J connectivity index is 1.91. The molecule has 6 heteroatoms. The fourth-order valence-electron chi connectivity index (χ4n) is 2.58. The van der Waals surface area contributed by atoms with E-state index in [0.29, 0.717) is 31.0 Å². The van der Waals surface area contributed by atoms with Crippen LogP contribution in [0.2, 0.25) is 0 Å². The molecule has 0 aromatic heterocycles. The standard InChI is InChI=1S/C15H18F3NO2/c16-15(17,18)13-3-1-11(2-4-13)9-14(21)19-7-5-12(10-19)6-8-20/h1-4,12,20H,5-10H2. The minimum Gasteiger partial charge on any atom is -0.396 e. The Kier molecular flexibility index (Phi) is 4.88. The molecule has 0 bridgehead atoms. The molecular formula is C15H18F3NO2. The van der Waals surface area contributed by atoms with E-state index < -0.39 is 11.7 Å². The fourth-order valence-corrected chi connectivity index (χ4v) is 2.58. The molecule has 1 unspecified atom stereocenters. The molecule has 2 rings (SSSR count). The number of aliphatic hydroxyl groups is 1. The summed E-state index contributed by atoms with van der Waals surface area (Å²) in [6.45, 7) is 1.40. The molecule has 1 N–H and O–H groups in total. The van der Waals surface area contributed by atoms with E-state index in [-0.39, 0.29) is 18.9 Å². The summed E-state index contributed by atoms with van der Waals surface area (Å²) in [4.78, 5) is 13.8. The molecule has 116 valence electrons. The van der Waals surface area contributed by atoms with E-state index in [1.807, 2.05) is 0 Å². The van der Waals surface area contributed by atoms with Crippen LogP contribution in [0.4, 0.5) is 13.2 Å². The summed E-state index contributed by atoms with van der Waals surface area (Å²) >= 11 is 0. The van der Waals surface area contributed by atoms with E-state index in [9.17, 15) is 18.0 Å². The van der Waals surface area contributed by atoms with Crippen LogP contribution < -0.4 is 0 Å². The summed E-state index contributed by atoms with van der Waals surface area (Å²) in [5, 5.41) is 8.88. The third kappa shape index (κ3) is 4.20. The molecule has 3 nitrogen and oxygen atoms in total. The third-order valence-electron chi connectivity index (χ3n) is 3.81. The summed E-state index contributed by atoms with van der Waals surface area (Å²) in [5.74, 6) is 0.252. The van der Waals surface area contributed by atoms with Gasteiger partial charge in [0.25, 0.3) is 0 Å². The zero-order chi connectivity index (χ0) is 15.5. The maximum atomic E-state index is 12.4. The Morgan fingerprint density at radius 3 is 2.52 bits per heavy atom. The number of aliphatic hydroxyl groups excluding tert-OH is 1. The van der Waals surface area contributed by atoms with Crippen molar-refractivity contribution in [1.82, 2.24) is 4.90 Å². The Bertz CT molecular complexity index is 485. The van der Waals surface area contributed by atoms with Gasteiger partial charge in [0, 0.05) is 19.7 Å². The van der Waals surface area contributed by atoms with Crippen molar-refractivity contribution in [3.63, 3.8) is 0 Å². The topological polar surface area (TPSA) is 40.5 Å². The quantitative estimate of drug-likeness (QED) is 0.928. The number of benzene rings is 1. The van der Waals surface area contributed by atoms with Crippen LogP contribution in [0.15, 0.2) is 24.3 Å². The molecule has 1 aromatic carbocycles. The van der Waals surface area contributed by atoms with Gasteiger partial charge in [-0.25, -0.2) is 0 Å². The highest BCUT2D eigenvalue weighted by Gasteiger charge is 2.30. The zero-order valence-corrected chi connectivity index (χ0v) is 11.6. The first-order valence-electron chi connectivity index (χ1n) is 6.95. The number of alkyl halides is 3. The van der Waals surface area contributed by atoms with Gasteiger partial charge in [-0.15, -0.1) is 0 Å². The Hall–Kier alpha value is -1.56. The molecule has 0 spiro atoms. The highest BCUT2D eigenvalue weighted by Crippen LogP contribution is 2.29. The van der Waals surface area contributed by atoms with Crippen molar-refractivity contribution < 1.29 is 23.1 Å². The van der Waals surface area contributed by atoms with Crippen LogP contribution in [0.5, 0.6) is 0 Å². The number of rotatable bonds is 4. The molecule has 1 heterocycles. The van der Waals surface area contributed by atoms with Gasteiger partial charge in [-0.3, -0.25) is 4.79 Å². The second-order valence-electron chi connectivity index (χ2n) is 5.38. The van der Waals surface area contributed by atoms with Crippen molar-refractivity contribution in [3.8, 4) is 0 Å². The van der Waals surface area contributed by atoms with Crippen molar-refractivity contribution in [2.75, 3.05) is 19.7 Å². The van der Waals surface area contributed by atoms with Gasteiger partial charge in [0.15, 0.2) is 0 Å². The average molecular weight is 301 g/mol. The van der Waals surface area contributed by atoms with Crippen LogP contribution >= 0.6 is 0 Å². The summed E-state index contributed by atoms with van der Waals surface area (Å²) in [6.07, 6.45) is -2.68. The lowest BCUT2D eigenvalue weighted by atomic mass is 10.1. The van der Waals surface area contributed by atoms with Gasteiger partial charge in [0.2, 0.25) is 5.91 Å². The van der Waals surface area contributed by atoms with Crippen molar-refractivity contribution >= 4 is 5.91 Å². The number of carbonyl (C=O) groups excluding carboxylic acids is 1. The molecule has 0 aliphatic carbocycles. The van der Waals surface area contributed by atoms with Crippen molar-refractivity contribution in [1.29, 1.82) is 0 Å². The predicted octanol–water partition coefficient (Wildman–Crippen LogP) is 2.48. The van der Waals surface area contributed by atoms with Crippen LogP contribution in [-0.4, -0.2) is 35.6 Å². The number of halogens is 3. The molecule has 1 aromatic rings. The fraction of sp³-hybridized carbons (Fsp3) is 0.533. The molecule has 1 saturated heterocycles. The molecule has 1 amide bonds. The average Bonchev–Trinajstić information content (AvgIpc) is 2.87. The SMILES string of the molecule is O=C(Cc1ccc(C(F)(F)F)cc1)N1CCC(CCO)C1. The zero-order valence-electron chi connectivity index (χ0n) is 11.6. The molecule has 21 heavy (non-hydrogen) atoms. The lowest BCUT2D eigenvalue weighted by Crippen LogP contribution is -2.30. The lowest BCUT2D eigenvalue weighted by molar-refractivity contribution is -0.137. The smallest absolute Gasteiger partial charge is 0.396 e. The first-order valence-corrected chi connectivity index (χ1v) is 6.95. The summed E-state index contributed by atoms with van der Waals surface area (Å²) in [7, 11) is 0. The number of nitrogens with zero attached hydrogens (tertiary/aromatic N) is 1. The second-order valence-corrected chi connectivity index (χ2v) is 5.38. The maximum absolute atomic E-state index is 12.4. The van der Waals surface area contributed by atoms with Crippen molar-refractivity contribution in [2.24, 2.45) is 5.92 Å². The molecule has 1 fully saturated rings. The number of likely N-dealkylation sites (tertiary alicyclic amines) is 1. The van der Waals surface area contributed by atoms with Gasteiger partial charge in [-0.05, 0) is 36.5 Å². The maximum Gasteiger partial charge on any atom is 0.416 e. The largest absolute Gasteiger partial charge is 0.416 e. The van der Waals surface area contributed by atoms with E-state index in [4.69, 9.17) is 5.11 Å². The van der Waals surface area contributed by atoms with Crippen LogP contribution in [0.25, 0.3) is 0 Å². The van der Waals surface area contributed by atoms with Crippen molar-refractivity contribution in [3.05, 3.63) is 35.4 Å². The van der Waals surface area contributed by atoms with Gasteiger partial charge >= 0.3 is 6.18 Å². The van der Waals surface area contributed by atoms with E-state index in [1.54, 1.807) is 4.90 Å². The third-order valence-corrected chi connectivity index (χ3v) is 3.81. The van der Waals surface area contributed by atoms with Gasteiger partial charge < -0.3 is 10.0 Å². The molecule has 1 atom stereocenters. The van der Waals surface area contributed by atoms with Crippen LogP contribution in [0.3, 0.4) is 0 Å². The van der Waals surface area contributed by atoms with Crippen LogP contribution in [-0.2, 0) is 17.4 Å². The van der Waals surface area contributed by atoms with Crippen LogP contribution in [0.1, 0.15) is 24.0 Å². The second kappa shape index (κ2) is 6.47. The minimum atomic E-state index is -4.35. The number of amides is 1. The van der Waals surface area contributed by atoms with Crippen molar-refractivity contribution in [2.45, 2.75) is 25.4 Å². The normalized spacial score (nSPS) is 19.0. The highest BCUT2D eigenvalue weighted by atomic mass is 19.4. The molecular weight excluding hydrogens is 283 g/mol. The van der Waals surface area contributed by atoms with E-state index in [2.05, 4.69) is 0 Å². The summed E-state index contributed by atoms with van der Waals surface area (Å²) in [5.41, 5.74) is -0.124. The van der Waals surface area contributed by atoms with Gasteiger partial charge in [-0.1, -0.05) is 12.1 Å². The summed E-state index contributed by atoms with van der Waals surface area (Å²) in [6, 6.07) is 4.70. The summed E-state index contributed by atoms with van der Waals surface area (Å²) < 4.78 is 37.3. The van der Waals surface area contributed by atoms with E-state index >= 15 is 0 Å². The molecule has 0 radical (unpaired) electrons. The van der Waals surface area contributed by atoms with Crippen LogP contribution in [0, 0.1) is 5.92 Å². The highest BCUT2D eigenvalue weighted by molar-refractivity contribution is 5.79. The molecule has 1 aliphatic heterocycles.